The topological polar surface area (TPSA) is 47.3 Å². The molecule has 106 valence electrons. The summed E-state index contributed by atoms with van der Waals surface area (Å²) in [5, 5.41) is 0.734. The van der Waals surface area contributed by atoms with E-state index in [0.29, 0.717) is 0 Å². The van der Waals surface area contributed by atoms with Crippen LogP contribution < -0.4 is 11.3 Å². The highest BCUT2D eigenvalue weighted by atomic mass is 35.5. The molecule has 2 aromatic carbocycles. The van der Waals surface area contributed by atoms with Gasteiger partial charge in [0.15, 0.2) is 0 Å². The fraction of sp³-hybridized carbons (Fsp3) is 0.250. The molecule has 3 nitrogen and oxygen atoms in total. The number of hydrazine groups is 1. The normalized spacial score (nSPS) is 13.9. The molecule has 0 aliphatic rings. The van der Waals surface area contributed by atoms with Crippen LogP contribution in [0.2, 0.25) is 5.02 Å². The summed E-state index contributed by atoms with van der Waals surface area (Å²) in [6.45, 7) is 0. The van der Waals surface area contributed by atoms with Gasteiger partial charge >= 0.3 is 0 Å². The van der Waals surface area contributed by atoms with Gasteiger partial charge in [0.2, 0.25) is 0 Å². The molecule has 4 heteroatoms. The van der Waals surface area contributed by atoms with E-state index in [1.165, 1.54) is 0 Å². The monoisotopic (exact) mass is 290 g/mol. The van der Waals surface area contributed by atoms with Gasteiger partial charge in [0.05, 0.1) is 12.1 Å². The zero-order valence-electron chi connectivity index (χ0n) is 11.4. The van der Waals surface area contributed by atoms with Crippen LogP contribution in [0.15, 0.2) is 54.6 Å². The predicted octanol–water partition coefficient (Wildman–Crippen LogP) is 3.10. The van der Waals surface area contributed by atoms with Crippen LogP contribution in [0.25, 0.3) is 0 Å². The summed E-state index contributed by atoms with van der Waals surface area (Å²) in [7, 11) is 1.70. The molecule has 0 aliphatic heterocycles. The van der Waals surface area contributed by atoms with E-state index in [2.05, 4.69) is 5.43 Å². The van der Waals surface area contributed by atoms with E-state index in [4.69, 9.17) is 22.2 Å². The van der Waals surface area contributed by atoms with Crippen molar-refractivity contribution < 1.29 is 4.74 Å². The number of rotatable bonds is 6. The molecule has 0 amide bonds. The molecule has 0 bridgehead atoms. The molecule has 0 heterocycles. The van der Waals surface area contributed by atoms with E-state index in [0.717, 1.165) is 22.6 Å². The van der Waals surface area contributed by atoms with Gasteiger partial charge in [-0.05, 0) is 29.7 Å². The van der Waals surface area contributed by atoms with E-state index >= 15 is 0 Å². The van der Waals surface area contributed by atoms with E-state index in [9.17, 15) is 0 Å². The molecule has 0 aliphatic carbocycles. The Balaban J connectivity index is 2.15. The van der Waals surface area contributed by atoms with E-state index in [1.807, 2.05) is 54.6 Å². The van der Waals surface area contributed by atoms with Gasteiger partial charge in [0.25, 0.3) is 0 Å². The molecule has 3 N–H and O–H groups in total. The summed E-state index contributed by atoms with van der Waals surface area (Å²) in [4.78, 5) is 0. The smallest absolute Gasteiger partial charge is 0.0990 e. The number of methoxy groups -OCH3 is 1. The first-order valence-corrected chi connectivity index (χ1v) is 6.90. The SMILES string of the molecule is COC(c1ccccc1)C(Cc1ccc(Cl)cc1)NN. The van der Waals surface area contributed by atoms with Crippen LogP contribution in [-0.4, -0.2) is 13.2 Å². The van der Waals surface area contributed by atoms with Crippen molar-refractivity contribution >= 4 is 11.6 Å². The van der Waals surface area contributed by atoms with Crippen molar-refractivity contribution in [2.75, 3.05) is 7.11 Å². The molecule has 0 spiro atoms. The highest BCUT2D eigenvalue weighted by Crippen LogP contribution is 2.23. The number of halogens is 1. The Bertz CT molecular complexity index is 516. The van der Waals surface area contributed by atoms with Crippen molar-refractivity contribution in [2.24, 2.45) is 5.84 Å². The number of benzene rings is 2. The first-order valence-electron chi connectivity index (χ1n) is 6.53. The Morgan fingerprint density at radius 3 is 2.30 bits per heavy atom. The first kappa shape index (κ1) is 15.0. The van der Waals surface area contributed by atoms with Gasteiger partial charge in [-0.25, -0.2) is 0 Å². The average molecular weight is 291 g/mol. The van der Waals surface area contributed by atoms with Crippen molar-refractivity contribution in [3.63, 3.8) is 0 Å². The summed E-state index contributed by atoms with van der Waals surface area (Å²) in [5.41, 5.74) is 5.12. The van der Waals surface area contributed by atoms with Crippen LogP contribution in [0.4, 0.5) is 0 Å². The van der Waals surface area contributed by atoms with Gasteiger partial charge in [0, 0.05) is 12.1 Å². The number of ether oxygens (including phenoxy) is 1. The third kappa shape index (κ3) is 3.81. The first-order chi connectivity index (χ1) is 9.74. The number of nitrogens with one attached hydrogen (secondary N) is 1. The maximum atomic E-state index is 5.90. The van der Waals surface area contributed by atoms with Crippen molar-refractivity contribution in [3.8, 4) is 0 Å². The highest BCUT2D eigenvalue weighted by molar-refractivity contribution is 6.30. The summed E-state index contributed by atoms with van der Waals surface area (Å²) in [6, 6.07) is 17.8. The Morgan fingerprint density at radius 1 is 1.10 bits per heavy atom. The van der Waals surface area contributed by atoms with Gasteiger partial charge in [-0.15, -0.1) is 0 Å². The standard InChI is InChI=1S/C16H19ClN2O/c1-20-16(13-5-3-2-4-6-13)15(19-18)11-12-7-9-14(17)10-8-12/h2-10,15-16,19H,11,18H2,1H3. The number of hydrogen-bond donors (Lipinski definition) is 2. The lowest BCUT2D eigenvalue weighted by Gasteiger charge is -2.26. The lowest BCUT2D eigenvalue weighted by molar-refractivity contribution is 0.0679. The second-order valence-electron chi connectivity index (χ2n) is 4.67. The average Bonchev–Trinajstić information content (AvgIpc) is 2.50. The third-order valence-corrected chi connectivity index (χ3v) is 3.58. The molecule has 0 saturated heterocycles. The van der Waals surface area contributed by atoms with Gasteiger partial charge in [0.1, 0.15) is 0 Å². The summed E-state index contributed by atoms with van der Waals surface area (Å²) in [6.07, 6.45) is 0.665. The van der Waals surface area contributed by atoms with Crippen molar-refractivity contribution in [2.45, 2.75) is 18.6 Å². The van der Waals surface area contributed by atoms with Crippen LogP contribution in [0, 0.1) is 0 Å². The summed E-state index contributed by atoms with van der Waals surface area (Å²) < 4.78 is 5.62. The Morgan fingerprint density at radius 2 is 1.75 bits per heavy atom. The van der Waals surface area contributed by atoms with Crippen molar-refractivity contribution in [3.05, 3.63) is 70.7 Å². The zero-order chi connectivity index (χ0) is 14.4. The van der Waals surface area contributed by atoms with Crippen molar-refractivity contribution in [1.29, 1.82) is 0 Å². The highest BCUT2D eigenvalue weighted by Gasteiger charge is 2.22. The van der Waals surface area contributed by atoms with Crippen LogP contribution in [0.5, 0.6) is 0 Å². The van der Waals surface area contributed by atoms with E-state index < -0.39 is 0 Å². The number of hydrogen-bond acceptors (Lipinski definition) is 3. The minimum atomic E-state index is -0.100. The third-order valence-electron chi connectivity index (χ3n) is 3.33. The minimum absolute atomic E-state index is 0.0106. The second-order valence-corrected chi connectivity index (χ2v) is 5.11. The quantitative estimate of drug-likeness (QED) is 0.635. The Hall–Kier alpha value is -1.39. The maximum absolute atomic E-state index is 5.90. The molecular weight excluding hydrogens is 272 g/mol. The Labute approximate surface area is 124 Å². The number of nitrogens with two attached hydrogens (primary N) is 1. The van der Waals surface area contributed by atoms with Gasteiger partial charge in [-0.1, -0.05) is 54.1 Å². The predicted molar refractivity (Wildman–Crippen MR) is 82.5 cm³/mol. The van der Waals surface area contributed by atoms with E-state index in [1.54, 1.807) is 7.11 Å². The van der Waals surface area contributed by atoms with Crippen LogP contribution in [-0.2, 0) is 11.2 Å². The van der Waals surface area contributed by atoms with Crippen LogP contribution in [0.3, 0.4) is 0 Å². The molecule has 2 atom stereocenters. The fourth-order valence-corrected chi connectivity index (χ4v) is 2.43. The summed E-state index contributed by atoms with van der Waals surface area (Å²) >= 11 is 5.90. The Kier molecular flexibility index (Phi) is 5.56. The lowest BCUT2D eigenvalue weighted by atomic mass is 9.96. The zero-order valence-corrected chi connectivity index (χ0v) is 12.2. The molecule has 2 aromatic rings. The van der Waals surface area contributed by atoms with Crippen LogP contribution in [0.1, 0.15) is 17.2 Å². The summed E-state index contributed by atoms with van der Waals surface area (Å²) in [5.74, 6) is 5.71. The molecular formula is C16H19ClN2O. The minimum Gasteiger partial charge on any atom is -0.375 e. The maximum Gasteiger partial charge on any atom is 0.0990 e. The molecule has 0 fully saturated rings. The molecule has 2 rings (SSSR count). The largest absolute Gasteiger partial charge is 0.375 e. The van der Waals surface area contributed by atoms with Gasteiger partial charge < -0.3 is 4.74 Å². The molecule has 0 saturated carbocycles. The van der Waals surface area contributed by atoms with Crippen molar-refractivity contribution in [1.82, 2.24) is 5.43 Å². The van der Waals surface area contributed by atoms with Gasteiger partial charge in [-0.2, -0.15) is 0 Å². The second kappa shape index (κ2) is 7.41. The lowest BCUT2D eigenvalue weighted by Crippen LogP contribution is -2.42. The molecule has 20 heavy (non-hydrogen) atoms. The fourth-order valence-electron chi connectivity index (χ4n) is 2.30. The van der Waals surface area contributed by atoms with E-state index in [-0.39, 0.29) is 12.1 Å². The van der Waals surface area contributed by atoms with Crippen LogP contribution >= 0.6 is 11.6 Å². The molecule has 0 aromatic heterocycles. The van der Waals surface area contributed by atoms with Gasteiger partial charge in [-0.3, -0.25) is 11.3 Å². The molecule has 0 radical (unpaired) electrons. The molecule has 2 unspecified atom stereocenters.